The SMILES string of the molecule is CCOc1cc(NC(=NC)NCC(C)Oc2ccc(OC)cc2)ccc1OC.I. The lowest BCUT2D eigenvalue weighted by atomic mass is 10.2. The molecule has 0 spiro atoms. The Balaban J connectivity index is 0.00000420. The first-order chi connectivity index (χ1) is 13.6. The molecule has 0 aliphatic heterocycles. The van der Waals surface area contributed by atoms with Gasteiger partial charge in [0, 0.05) is 18.8 Å². The molecule has 0 bridgehead atoms. The van der Waals surface area contributed by atoms with Crippen LogP contribution in [-0.2, 0) is 0 Å². The van der Waals surface area contributed by atoms with E-state index in [9.17, 15) is 0 Å². The summed E-state index contributed by atoms with van der Waals surface area (Å²) < 4.78 is 22.0. The second kappa shape index (κ2) is 13.0. The Hall–Kier alpha value is -2.36. The number of aliphatic imine (C=N–C) groups is 1. The van der Waals surface area contributed by atoms with Crippen LogP contribution in [0.2, 0.25) is 0 Å². The van der Waals surface area contributed by atoms with Gasteiger partial charge in [-0.25, -0.2) is 0 Å². The minimum atomic E-state index is -0.0539. The predicted molar refractivity (Wildman–Crippen MR) is 128 cm³/mol. The molecule has 0 saturated carbocycles. The Kier molecular flexibility index (Phi) is 11.0. The molecule has 0 aliphatic rings. The maximum Gasteiger partial charge on any atom is 0.195 e. The fourth-order valence-corrected chi connectivity index (χ4v) is 2.51. The van der Waals surface area contributed by atoms with E-state index in [-0.39, 0.29) is 30.1 Å². The Bertz CT molecular complexity index is 769. The van der Waals surface area contributed by atoms with Gasteiger partial charge >= 0.3 is 0 Å². The van der Waals surface area contributed by atoms with Crippen LogP contribution in [0.3, 0.4) is 0 Å². The van der Waals surface area contributed by atoms with Crippen molar-refractivity contribution in [2.75, 3.05) is 39.7 Å². The van der Waals surface area contributed by atoms with Crippen molar-refractivity contribution in [2.24, 2.45) is 4.99 Å². The molecular weight excluding hydrogens is 485 g/mol. The van der Waals surface area contributed by atoms with Crippen LogP contribution >= 0.6 is 24.0 Å². The average Bonchev–Trinajstić information content (AvgIpc) is 2.72. The highest BCUT2D eigenvalue weighted by molar-refractivity contribution is 14.0. The van der Waals surface area contributed by atoms with E-state index in [1.807, 2.05) is 56.3 Å². The lowest BCUT2D eigenvalue weighted by molar-refractivity contribution is 0.224. The van der Waals surface area contributed by atoms with Gasteiger partial charge in [0.1, 0.15) is 17.6 Å². The van der Waals surface area contributed by atoms with Gasteiger partial charge < -0.3 is 29.6 Å². The molecule has 7 nitrogen and oxygen atoms in total. The molecule has 2 aromatic carbocycles. The summed E-state index contributed by atoms with van der Waals surface area (Å²) in [4.78, 5) is 4.25. The molecule has 2 rings (SSSR count). The summed E-state index contributed by atoms with van der Waals surface area (Å²) in [7, 11) is 4.98. The van der Waals surface area contributed by atoms with Crippen molar-refractivity contribution in [1.29, 1.82) is 0 Å². The zero-order valence-electron chi connectivity index (χ0n) is 17.5. The lowest BCUT2D eigenvalue weighted by Gasteiger charge is -2.18. The number of benzene rings is 2. The molecule has 1 atom stereocenters. The normalized spacial score (nSPS) is 11.7. The summed E-state index contributed by atoms with van der Waals surface area (Å²) in [6, 6.07) is 13.2. The molecule has 29 heavy (non-hydrogen) atoms. The molecular formula is C21H30IN3O4. The van der Waals surface area contributed by atoms with Crippen molar-refractivity contribution in [3.05, 3.63) is 42.5 Å². The Morgan fingerprint density at radius 2 is 1.69 bits per heavy atom. The Morgan fingerprint density at radius 3 is 2.28 bits per heavy atom. The van der Waals surface area contributed by atoms with Crippen LogP contribution in [0.4, 0.5) is 5.69 Å². The van der Waals surface area contributed by atoms with Gasteiger partial charge in [-0.05, 0) is 50.2 Å². The minimum Gasteiger partial charge on any atom is -0.497 e. The average molecular weight is 515 g/mol. The number of anilines is 1. The van der Waals surface area contributed by atoms with Crippen molar-refractivity contribution in [1.82, 2.24) is 5.32 Å². The van der Waals surface area contributed by atoms with Gasteiger partial charge in [-0.3, -0.25) is 4.99 Å². The van der Waals surface area contributed by atoms with E-state index in [4.69, 9.17) is 18.9 Å². The first kappa shape index (κ1) is 24.7. The number of guanidine groups is 1. The van der Waals surface area contributed by atoms with E-state index in [0.717, 1.165) is 17.2 Å². The highest BCUT2D eigenvalue weighted by atomic mass is 127. The second-order valence-electron chi connectivity index (χ2n) is 5.98. The fraction of sp³-hybridized carbons (Fsp3) is 0.381. The summed E-state index contributed by atoms with van der Waals surface area (Å²) in [6.45, 7) is 5.07. The molecule has 0 saturated heterocycles. The van der Waals surface area contributed by atoms with Crippen LogP contribution in [0.1, 0.15) is 13.8 Å². The third kappa shape index (κ3) is 7.88. The highest BCUT2D eigenvalue weighted by Gasteiger charge is 2.09. The van der Waals surface area contributed by atoms with Gasteiger partial charge in [0.05, 0.1) is 27.4 Å². The molecule has 0 aromatic heterocycles. The summed E-state index contributed by atoms with van der Waals surface area (Å²) >= 11 is 0. The molecule has 1 unspecified atom stereocenters. The van der Waals surface area contributed by atoms with Crippen LogP contribution in [0.15, 0.2) is 47.5 Å². The smallest absolute Gasteiger partial charge is 0.195 e. The molecule has 0 amide bonds. The van der Waals surface area contributed by atoms with Crippen LogP contribution in [0.5, 0.6) is 23.0 Å². The van der Waals surface area contributed by atoms with Gasteiger partial charge in [-0.1, -0.05) is 0 Å². The lowest BCUT2D eigenvalue weighted by Crippen LogP contribution is -2.37. The highest BCUT2D eigenvalue weighted by Crippen LogP contribution is 2.30. The van der Waals surface area contributed by atoms with E-state index < -0.39 is 0 Å². The summed E-state index contributed by atoms with van der Waals surface area (Å²) in [5, 5.41) is 6.50. The van der Waals surface area contributed by atoms with Gasteiger partial charge in [0.2, 0.25) is 0 Å². The van der Waals surface area contributed by atoms with E-state index in [0.29, 0.717) is 30.6 Å². The first-order valence-electron chi connectivity index (χ1n) is 9.18. The first-order valence-corrected chi connectivity index (χ1v) is 9.18. The van der Waals surface area contributed by atoms with Gasteiger partial charge in [0.15, 0.2) is 17.5 Å². The summed E-state index contributed by atoms with van der Waals surface area (Å²) in [5.41, 5.74) is 0.848. The van der Waals surface area contributed by atoms with Crippen molar-refractivity contribution < 1.29 is 18.9 Å². The number of halogens is 1. The van der Waals surface area contributed by atoms with Gasteiger partial charge in [-0.15, -0.1) is 24.0 Å². The number of methoxy groups -OCH3 is 2. The van der Waals surface area contributed by atoms with Crippen LogP contribution in [-0.4, -0.2) is 46.5 Å². The van der Waals surface area contributed by atoms with E-state index in [2.05, 4.69) is 15.6 Å². The van der Waals surface area contributed by atoms with Crippen molar-refractivity contribution in [2.45, 2.75) is 20.0 Å². The molecule has 0 radical (unpaired) electrons. The molecule has 160 valence electrons. The number of hydrogen-bond donors (Lipinski definition) is 2. The number of rotatable bonds is 9. The predicted octanol–water partition coefficient (Wildman–Crippen LogP) is 4.18. The molecule has 2 aromatic rings. The maximum atomic E-state index is 5.90. The molecule has 8 heteroatoms. The Labute approximate surface area is 189 Å². The molecule has 2 N–H and O–H groups in total. The monoisotopic (exact) mass is 515 g/mol. The molecule has 0 heterocycles. The molecule has 0 fully saturated rings. The standard InChI is InChI=1S/C21H29N3O4.HI/c1-6-27-20-13-16(7-12-19(20)26-5)24-21(22-3)23-14-15(2)28-18-10-8-17(25-4)9-11-18;/h7-13,15H,6,14H2,1-5H3,(H2,22,23,24);1H. The topological polar surface area (TPSA) is 73.3 Å². The zero-order valence-corrected chi connectivity index (χ0v) is 19.9. The summed E-state index contributed by atoms with van der Waals surface area (Å²) in [5.74, 6) is 3.60. The van der Waals surface area contributed by atoms with E-state index in [1.54, 1.807) is 21.3 Å². The quantitative estimate of drug-likeness (QED) is 0.297. The summed E-state index contributed by atoms with van der Waals surface area (Å²) in [6.07, 6.45) is -0.0539. The number of ether oxygens (including phenoxy) is 4. The van der Waals surface area contributed by atoms with Crippen molar-refractivity contribution >= 4 is 35.6 Å². The number of nitrogens with one attached hydrogen (secondary N) is 2. The van der Waals surface area contributed by atoms with Crippen molar-refractivity contribution in [3.63, 3.8) is 0 Å². The van der Waals surface area contributed by atoms with Crippen LogP contribution in [0, 0.1) is 0 Å². The zero-order chi connectivity index (χ0) is 20.4. The largest absolute Gasteiger partial charge is 0.497 e. The third-order valence-electron chi connectivity index (χ3n) is 3.90. The third-order valence-corrected chi connectivity index (χ3v) is 3.90. The van der Waals surface area contributed by atoms with Crippen LogP contribution < -0.4 is 29.6 Å². The fourth-order valence-electron chi connectivity index (χ4n) is 2.51. The van der Waals surface area contributed by atoms with Gasteiger partial charge in [-0.2, -0.15) is 0 Å². The Morgan fingerprint density at radius 1 is 1.00 bits per heavy atom. The number of nitrogens with zero attached hydrogens (tertiary/aromatic N) is 1. The minimum absolute atomic E-state index is 0. The van der Waals surface area contributed by atoms with Crippen LogP contribution in [0.25, 0.3) is 0 Å². The molecule has 0 aliphatic carbocycles. The van der Waals surface area contributed by atoms with Crippen molar-refractivity contribution in [3.8, 4) is 23.0 Å². The van der Waals surface area contributed by atoms with E-state index in [1.165, 1.54) is 0 Å². The van der Waals surface area contributed by atoms with Gasteiger partial charge in [0.25, 0.3) is 0 Å². The van der Waals surface area contributed by atoms with E-state index >= 15 is 0 Å². The maximum absolute atomic E-state index is 5.90. The number of hydrogen-bond acceptors (Lipinski definition) is 5. The second-order valence-corrected chi connectivity index (χ2v) is 5.98.